The van der Waals surface area contributed by atoms with Crippen LogP contribution in [0.5, 0.6) is 5.75 Å². The molecule has 1 N–H and O–H groups in total. The zero-order chi connectivity index (χ0) is 23.9. The van der Waals surface area contributed by atoms with Crippen molar-refractivity contribution in [2.75, 3.05) is 13.1 Å². The second-order valence-electron chi connectivity index (χ2n) is 8.69. The van der Waals surface area contributed by atoms with Gasteiger partial charge in [-0.1, -0.05) is 39.3 Å². The van der Waals surface area contributed by atoms with Gasteiger partial charge in [-0.15, -0.1) is 11.3 Å². The number of imidazole rings is 1. The molecule has 1 aliphatic rings. The lowest BCUT2D eigenvalue weighted by Crippen LogP contribution is -2.34. The third-order valence-electron chi connectivity index (χ3n) is 6.47. The van der Waals surface area contributed by atoms with Crippen molar-refractivity contribution in [3.8, 4) is 17.3 Å². The largest absolute Gasteiger partial charge is 0.490 e. The predicted molar refractivity (Wildman–Crippen MR) is 144 cm³/mol. The van der Waals surface area contributed by atoms with Crippen molar-refractivity contribution >= 4 is 21.6 Å². The number of nitrogens with one attached hydrogen (secondary N) is 1. The molecule has 0 bridgehead atoms. The molecule has 34 heavy (non-hydrogen) atoms. The van der Waals surface area contributed by atoms with E-state index in [1.54, 1.807) is 11.3 Å². The lowest BCUT2D eigenvalue weighted by molar-refractivity contribution is 0.162. The van der Waals surface area contributed by atoms with Crippen molar-refractivity contribution in [1.29, 1.82) is 0 Å². The van der Waals surface area contributed by atoms with E-state index < -0.39 is 0 Å². The van der Waals surface area contributed by atoms with Crippen molar-refractivity contribution in [1.82, 2.24) is 19.4 Å². The molecule has 0 aliphatic carbocycles. The summed E-state index contributed by atoms with van der Waals surface area (Å²) in [5.74, 6) is 2.06. The first kappa shape index (κ1) is 24.6. The monoisotopic (exact) mass is 478 g/mol. The lowest BCUT2D eigenvalue weighted by atomic mass is 10.1. The summed E-state index contributed by atoms with van der Waals surface area (Å²) in [6, 6.07) is 13.2. The third-order valence-corrected chi connectivity index (χ3v) is 7.33. The summed E-state index contributed by atoms with van der Waals surface area (Å²) in [6.07, 6.45) is 7.73. The minimum absolute atomic E-state index is 0.340. The maximum Gasteiger partial charge on any atom is 0.156 e. The first-order valence-electron chi connectivity index (χ1n) is 12.8. The number of rotatable bonds is 8. The van der Waals surface area contributed by atoms with E-state index in [4.69, 9.17) is 9.72 Å². The minimum Gasteiger partial charge on any atom is -0.490 e. The summed E-state index contributed by atoms with van der Waals surface area (Å²) in [6.45, 7) is 9.26. The summed E-state index contributed by atoms with van der Waals surface area (Å²) in [5, 5.41) is 5.55. The Morgan fingerprint density at radius 1 is 1.09 bits per heavy atom. The molecule has 4 aromatic rings. The van der Waals surface area contributed by atoms with Crippen LogP contribution in [-0.2, 0) is 26.4 Å². The Balaban J connectivity index is 0.00000133. The number of thiophene rings is 1. The predicted octanol–water partition coefficient (Wildman–Crippen LogP) is 6.46. The molecule has 1 aliphatic heterocycles. The Morgan fingerprint density at radius 2 is 1.85 bits per heavy atom. The summed E-state index contributed by atoms with van der Waals surface area (Å²) >= 11 is 1.79. The summed E-state index contributed by atoms with van der Waals surface area (Å²) in [7, 11) is 2.14. The molecule has 1 aromatic carbocycles. The van der Waals surface area contributed by atoms with E-state index in [-0.39, 0.29) is 0 Å². The normalized spacial score (nSPS) is 14.2. The van der Waals surface area contributed by atoms with Gasteiger partial charge >= 0.3 is 0 Å². The molecule has 0 amide bonds. The van der Waals surface area contributed by atoms with Crippen LogP contribution in [0.1, 0.15) is 51.3 Å². The van der Waals surface area contributed by atoms with Crippen LogP contribution in [0, 0.1) is 0 Å². The fourth-order valence-electron chi connectivity index (χ4n) is 4.67. The van der Waals surface area contributed by atoms with Crippen molar-refractivity contribution in [3.05, 3.63) is 59.2 Å². The Bertz CT molecular complexity index is 1170. The van der Waals surface area contributed by atoms with Crippen molar-refractivity contribution in [2.45, 2.75) is 65.5 Å². The van der Waals surface area contributed by atoms with E-state index in [9.17, 15) is 0 Å². The fraction of sp³-hybridized carbons (Fsp3) is 0.464. The van der Waals surface area contributed by atoms with Gasteiger partial charge in [-0.2, -0.15) is 0 Å². The Kier molecular flexibility index (Phi) is 8.46. The number of aromatic nitrogens is 3. The molecule has 1 fully saturated rings. The van der Waals surface area contributed by atoms with Crippen LogP contribution in [0.3, 0.4) is 0 Å². The van der Waals surface area contributed by atoms with E-state index in [1.165, 1.54) is 27.2 Å². The molecule has 6 heteroatoms. The van der Waals surface area contributed by atoms with Crippen LogP contribution in [0.4, 0.5) is 0 Å². The Hall–Kier alpha value is -2.57. The van der Waals surface area contributed by atoms with Crippen molar-refractivity contribution < 1.29 is 4.74 Å². The number of benzene rings is 1. The quantitative estimate of drug-likeness (QED) is 0.316. The fourth-order valence-corrected chi connectivity index (χ4v) is 5.52. The van der Waals surface area contributed by atoms with Crippen molar-refractivity contribution in [3.63, 3.8) is 0 Å². The highest BCUT2D eigenvalue weighted by atomic mass is 32.1. The number of hydrogen-bond acceptors (Lipinski definition) is 4. The highest BCUT2D eigenvalue weighted by Crippen LogP contribution is 2.31. The van der Waals surface area contributed by atoms with E-state index in [0.29, 0.717) is 6.10 Å². The maximum atomic E-state index is 6.17. The average molecular weight is 479 g/mol. The number of ether oxygens (including phenoxy) is 1. The van der Waals surface area contributed by atoms with Crippen molar-refractivity contribution in [2.24, 2.45) is 7.05 Å². The number of fused-ring (bicyclic) bond motifs is 1. The van der Waals surface area contributed by atoms with Gasteiger partial charge in [0.15, 0.2) is 5.82 Å². The van der Waals surface area contributed by atoms with Crippen LogP contribution in [0.15, 0.2) is 48.0 Å². The summed E-state index contributed by atoms with van der Waals surface area (Å²) < 4.78 is 12.2. The Labute approximate surface area is 207 Å². The van der Waals surface area contributed by atoms with Crippen LogP contribution in [-0.4, -0.2) is 33.3 Å². The molecule has 0 saturated carbocycles. The van der Waals surface area contributed by atoms with E-state index >= 15 is 0 Å². The summed E-state index contributed by atoms with van der Waals surface area (Å²) in [4.78, 5) is 4.85. The molecule has 0 atom stereocenters. The second-order valence-corrected chi connectivity index (χ2v) is 9.64. The molecular formula is C28H38N4OS. The average Bonchev–Trinajstić information content (AvgIpc) is 3.57. The molecule has 1 saturated heterocycles. The third kappa shape index (κ3) is 5.39. The van der Waals surface area contributed by atoms with E-state index in [1.807, 2.05) is 13.8 Å². The molecule has 0 spiro atoms. The van der Waals surface area contributed by atoms with Gasteiger partial charge in [-0.25, -0.2) is 4.98 Å². The Morgan fingerprint density at radius 3 is 2.56 bits per heavy atom. The number of piperidine rings is 1. The van der Waals surface area contributed by atoms with Gasteiger partial charge in [0.05, 0.1) is 15.9 Å². The molecule has 4 heterocycles. The standard InChI is InChI=1S/C26H32N4OS.C2H6/c1-3-4-20-18-28-26(24-17-25-23(29(24)2)12-16-32-25)30(20)15-11-19-5-7-21(8-6-19)31-22-9-13-27-14-10-22;1-2/h5-8,12,16-18,22,27H,3-4,9-11,13-15H2,1-2H3;1-2H3. The molecule has 3 aromatic heterocycles. The van der Waals surface area contributed by atoms with E-state index in [2.05, 4.69) is 76.4 Å². The summed E-state index contributed by atoms with van der Waals surface area (Å²) in [5.41, 5.74) is 5.12. The van der Waals surface area contributed by atoms with Crippen LogP contribution in [0.25, 0.3) is 21.7 Å². The topological polar surface area (TPSA) is 44.0 Å². The van der Waals surface area contributed by atoms with Gasteiger partial charge in [0.1, 0.15) is 11.9 Å². The zero-order valence-corrected chi connectivity index (χ0v) is 21.8. The second kappa shape index (κ2) is 11.7. The molecular weight excluding hydrogens is 440 g/mol. The zero-order valence-electron chi connectivity index (χ0n) is 21.0. The van der Waals surface area contributed by atoms with Crippen LogP contribution >= 0.6 is 11.3 Å². The maximum absolute atomic E-state index is 6.17. The lowest BCUT2D eigenvalue weighted by Gasteiger charge is -2.23. The van der Waals surface area contributed by atoms with Gasteiger partial charge in [0.2, 0.25) is 0 Å². The van der Waals surface area contributed by atoms with Crippen LogP contribution in [0.2, 0.25) is 0 Å². The van der Waals surface area contributed by atoms with Gasteiger partial charge < -0.3 is 19.2 Å². The van der Waals surface area contributed by atoms with Gasteiger partial charge in [0, 0.05) is 25.5 Å². The molecule has 0 radical (unpaired) electrons. The first-order valence-corrected chi connectivity index (χ1v) is 13.6. The van der Waals surface area contributed by atoms with Gasteiger partial charge in [-0.3, -0.25) is 0 Å². The highest BCUT2D eigenvalue weighted by Gasteiger charge is 2.17. The molecule has 5 rings (SSSR count). The number of aryl methyl sites for hydroxylation is 3. The SMILES string of the molecule is CC.CCCc1cnc(-c2cc3sccc3n2C)n1CCc1ccc(OC2CCNCC2)cc1. The van der Waals surface area contributed by atoms with Gasteiger partial charge in [-0.05, 0) is 74.0 Å². The molecule has 182 valence electrons. The van der Waals surface area contributed by atoms with E-state index in [0.717, 1.165) is 63.3 Å². The first-order chi connectivity index (χ1) is 16.7. The smallest absolute Gasteiger partial charge is 0.156 e. The van der Waals surface area contributed by atoms with Crippen LogP contribution < -0.4 is 10.1 Å². The number of hydrogen-bond donors (Lipinski definition) is 1. The number of nitrogens with zero attached hydrogens (tertiary/aromatic N) is 3. The highest BCUT2D eigenvalue weighted by molar-refractivity contribution is 7.17. The minimum atomic E-state index is 0.340. The van der Waals surface area contributed by atoms with Gasteiger partial charge in [0.25, 0.3) is 0 Å². The molecule has 5 nitrogen and oxygen atoms in total. The molecule has 0 unspecified atom stereocenters.